The Kier molecular flexibility index (Phi) is 3.86. The fourth-order valence-electron chi connectivity index (χ4n) is 2.78. The summed E-state index contributed by atoms with van der Waals surface area (Å²) < 4.78 is 6.04. The molecule has 0 aromatic carbocycles. The van der Waals surface area contributed by atoms with Gasteiger partial charge in [0.2, 0.25) is 0 Å². The summed E-state index contributed by atoms with van der Waals surface area (Å²) in [5, 5.41) is 8.75. The van der Waals surface area contributed by atoms with Crippen molar-refractivity contribution >= 4 is 0 Å². The molecule has 2 nitrogen and oxygen atoms in total. The van der Waals surface area contributed by atoms with Crippen LogP contribution in [0.3, 0.4) is 0 Å². The third-order valence-corrected chi connectivity index (χ3v) is 4.35. The first-order chi connectivity index (χ1) is 7.78. The van der Waals surface area contributed by atoms with E-state index in [0.29, 0.717) is 12.5 Å². The zero-order valence-electron chi connectivity index (χ0n) is 10.4. The quantitative estimate of drug-likeness (QED) is 0.709. The topological polar surface area (TPSA) is 33.0 Å². The van der Waals surface area contributed by atoms with Crippen LogP contribution in [-0.2, 0) is 4.74 Å². The van der Waals surface area contributed by atoms with Crippen LogP contribution < -0.4 is 0 Å². The first-order valence-electron chi connectivity index (χ1n) is 6.76. The second-order valence-corrected chi connectivity index (χ2v) is 5.71. The zero-order chi connectivity index (χ0) is 11.4. The molecule has 2 rings (SSSR count). The molecule has 2 heteroatoms. The lowest BCUT2D eigenvalue weighted by Gasteiger charge is -2.29. The van der Waals surface area contributed by atoms with Gasteiger partial charge in [-0.25, -0.2) is 0 Å². The predicted octanol–water partition coefficient (Wildman–Crippen LogP) is 3.67. The molecule has 0 aromatic rings. The van der Waals surface area contributed by atoms with Crippen molar-refractivity contribution in [2.75, 3.05) is 6.61 Å². The van der Waals surface area contributed by atoms with Crippen LogP contribution in [0.4, 0.5) is 0 Å². The van der Waals surface area contributed by atoms with Crippen LogP contribution in [0.1, 0.15) is 58.3 Å². The van der Waals surface area contributed by atoms with Crippen molar-refractivity contribution < 1.29 is 4.74 Å². The Labute approximate surface area is 99.0 Å². The number of nitrogens with zero attached hydrogens (tertiary/aromatic N) is 1. The number of rotatable bonds is 5. The van der Waals surface area contributed by atoms with Gasteiger partial charge in [-0.2, -0.15) is 5.26 Å². The van der Waals surface area contributed by atoms with Gasteiger partial charge in [0.1, 0.15) is 0 Å². The maximum Gasteiger partial charge on any atom is 0.0628 e. The Balaban J connectivity index is 1.71. The highest BCUT2D eigenvalue weighted by Gasteiger charge is 2.43. The predicted molar refractivity (Wildman–Crippen MR) is 63.9 cm³/mol. The SMILES string of the molecule is CCC1CCCC(OCC2(CC#N)CC2)C1. The molecule has 2 atom stereocenters. The first-order valence-corrected chi connectivity index (χ1v) is 6.76. The third-order valence-electron chi connectivity index (χ3n) is 4.35. The fraction of sp³-hybridized carbons (Fsp3) is 0.929. The van der Waals surface area contributed by atoms with E-state index in [1.54, 1.807) is 0 Å². The van der Waals surface area contributed by atoms with E-state index in [1.165, 1.54) is 44.9 Å². The van der Waals surface area contributed by atoms with Crippen LogP contribution in [0.15, 0.2) is 0 Å². The molecule has 0 radical (unpaired) electrons. The van der Waals surface area contributed by atoms with Crippen molar-refractivity contribution in [2.45, 2.75) is 64.4 Å². The van der Waals surface area contributed by atoms with Gasteiger partial charge in [-0.05, 0) is 31.6 Å². The van der Waals surface area contributed by atoms with E-state index in [2.05, 4.69) is 13.0 Å². The second-order valence-electron chi connectivity index (χ2n) is 5.71. The maximum atomic E-state index is 8.75. The standard InChI is InChI=1S/C14H23NO/c1-2-12-4-3-5-13(10-12)16-11-14(6-7-14)8-9-15/h12-13H,2-8,10-11H2,1H3. The van der Waals surface area contributed by atoms with E-state index in [0.717, 1.165) is 12.5 Å². The highest BCUT2D eigenvalue weighted by molar-refractivity contribution is 4.99. The fourth-order valence-corrected chi connectivity index (χ4v) is 2.78. The van der Waals surface area contributed by atoms with Crippen molar-refractivity contribution in [1.82, 2.24) is 0 Å². The Bertz CT molecular complexity index is 264. The molecule has 0 aliphatic heterocycles. The van der Waals surface area contributed by atoms with Gasteiger partial charge in [-0.3, -0.25) is 0 Å². The van der Waals surface area contributed by atoms with E-state index >= 15 is 0 Å². The Hall–Kier alpha value is -0.550. The second kappa shape index (κ2) is 5.19. The molecular formula is C14H23NO. The van der Waals surface area contributed by atoms with Gasteiger partial charge >= 0.3 is 0 Å². The lowest BCUT2D eigenvalue weighted by atomic mass is 9.85. The molecular weight excluding hydrogens is 198 g/mol. The summed E-state index contributed by atoms with van der Waals surface area (Å²) in [6.07, 6.45) is 10.1. The first kappa shape index (κ1) is 11.9. The molecule has 0 saturated heterocycles. The molecule has 90 valence electrons. The maximum absolute atomic E-state index is 8.75. The summed E-state index contributed by atoms with van der Waals surface area (Å²) >= 11 is 0. The van der Waals surface area contributed by atoms with Gasteiger partial charge < -0.3 is 4.74 Å². The molecule has 2 aliphatic carbocycles. The summed E-state index contributed by atoms with van der Waals surface area (Å²) in [4.78, 5) is 0. The summed E-state index contributed by atoms with van der Waals surface area (Å²) in [6.45, 7) is 3.12. The van der Waals surface area contributed by atoms with Gasteiger partial charge in [0.25, 0.3) is 0 Å². The largest absolute Gasteiger partial charge is 0.378 e. The molecule has 2 aliphatic rings. The molecule has 0 heterocycles. The van der Waals surface area contributed by atoms with Gasteiger partial charge in [-0.15, -0.1) is 0 Å². The average Bonchev–Trinajstić information content (AvgIpc) is 3.08. The minimum absolute atomic E-state index is 0.258. The van der Waals surface area contributed by atoms with E-state index in [9.17, 15) is 0 Å². The molecule has 0 N–H and O–H groups in total. The normalized spacial score (nSPS) is 32.0. The van der Waals surface area contributed by atoms with E-state index < -0.39 is 0 Å². The minimum atomic E-state index is 0.258. The molecule has 16 heavy (non-hydrogen) atoms. The Morgan fingerprint density at radius 1 is 1.38 bits per heavy atom. The number of ether oxygens (including phenoxy) is 1. The lowest BCUT2D eigenvalue weighted by molar-refractivity contribution is -0.0104. The molecule has 2 saturated carbocycles. The van der Waals surface area contributed by atoms with Crippen molar-refractivity contribution in [1.29, 1.82) is 5.26 Å². The summed E-state index contributed by atoms with van der Waals surface area (Å²) in [5.41, 5.74) is 0.258. The summed E-state index contributed by atoms with van der Waals surface area (Å²) in [5.74, 6) is 0.880. The van der Waals surface area contributed by atoms with Crippen molar-refractivity contribution in [3.63, 3.8) is 0 Å². The summed E-state index contributed by atoms with van der Waals surface area (Å²) in [6, 6.07) is 2.30. The average molecular weight is 221 g/mol. The molecule has 0 spiro atoms. The van der Waals surface area contributed by atoms with Crippen molar-refractivity contribution in [2.24, 2.45) is 11.3 Å². The molecule has 2 unspecified atom stereocenters. The minimum Gasteiger partial charge on any atom is -0.378 e. The van der Waals surface area contributed by atoms with Crippen LogP contribution in [0, 0.1) is 22.7 Å². The third kappa shape index (κ3) is 2.98. The van der Waals surface area contributed by atoms with Gasteiger partial charge in [-0.1, -0.05) is 26.2 Å². The highest BCUT2D eigenvalue weighted by atomic mass is 16.5. The summed E-state index contributed by atoms with van der Waals surface area (Å²) in [7, 11) is 0. The molecule has 0 amide bonds. The Morgan fingerprint density at radius 3 is 2.81 bits per heavy atom. The van der Waals surface area contributed by atoms with Crippen LogP contribution in [0.5, 0.6) is 0 Å². The highest BCUT2D eigenvalue weighted by Crippen LogP contribution is 2.49. The number of hydrogen-bond acceptors (Lipinski definition) is 2. The van der Waals surface area contributed by atoms with Crippen LogP contribution >= 0.6 is 0 Å². The van der Waals surface area contributed by atoms with Gasteiger partial charge in [0.15, 0.2) is 0 Å². The number of hydrogen-bond donors (Lipinski definition) is 0. The van der Waals surface area contributed by atoms with Crippen LogP contribution in [-0.4, -0.2) is 12.7 Å². The smallest absolute Gasteiger partial charge is 0.0628 e. The van der Waals surface area contributed by atoms with E-state index in [1.807, 2.05) is 0 Å². The molecule has 0 bridgehead atoms. The molecule has 0 aromatic heterocycles. The van der Waals surface area contributed by atoms with Crippen molar-refractivity contribution in [3.05, 3.63) is 0 Å². The van der Waals surface area contributed by atoms with Crippen LogP contribution in [0.25, 0.3) is 0 Å². The lowest BCUT2D eigenvalue weighted by Crippen LogP contribution is -2.25. The van der Waals surface area contributed by atoms with Crippen molar-refractivity contribution in [3.8, 4) is 6.07 Å². The Morgan fingerprint density at radius 2 is 2.19 bits per heavy atom. The van der Waals surface area contributed by atoms with Gasteiger partial charge in [0.05, 0.1) is 18.8 Å². The van der Waals surface area contributed by atoms with E-state index in [4.69, 9.17) is 10.00 Å². The monoisotopic (exact) mass is 221 g/mol. The molecule has 2 fully saturated rings. The number of nitriles is 1. The van der Waals surface area contributed by atoms with E-state index in [-0.39, 0.29) is 5.41 Å². The van der Waals surface area contributed by atoms with Gasteiger partial charge in [0, 0.05) is 11.8 Å². The zero-order valence-corrected chi connectivity index (χ0v) is 10.4. The van der Waals surface area contributed by atoms with Crippen LogP contribution in [0.2, 0.25) is 0 Å².